The monoisotopic (exact) mass is 387 g/mol. The van der Waals surface area contributed by atoms with E-state index in [2.05, 4.69) is 102 Å². The standard InChI is InChI=1S/C28H37N/c1-7-13-23(21-14-9-8-10-15-21)25-18-24(19(2)3)27(29)26(20(4)5)28(25,6)22-16-11-12-17-22/h8-12,14-20,22H,7,13,29H2,1-6H3. The second-order valence-electron chi connectivity index (χ2n) is 9.24. The van der Waals surface area contributed by atoms with Crippen molar-refractivity contribution in [3.63, 3.8) is 0 Å². The Balaban J connectivity index is 2.39. The van der Waals surface area contributed by atoms with Gasteiger partial charge in [-0.2, -0.15) is 0 Å². The average Bonchev–Trinajstić information content (AvgIpc) is 3.22. The zero-order valence-corrected chi connectivity index (χ0v) is 19.0. The Hall–Kier alpha value is -2.28. The number of benzene rings is 1. The summed E-state index contributed by atoms with van der Waals surface area (Å²) in [6.45, 7) is 13.8. The minimum atomic E-state index is -0.138. The van der Waals surface area contributed by atoms with Gasteiger partial charge in [-0.05, 0) is 46.1 Å². The fourth-order valence-electron chi connectivity index (χ4n) is 5.25. The predicted molar refractivity (Wildman–Crippen MR) is 127 cm³/mol. The van der Waals surface area contributed by atoms with Gasteiger partial charge in [0.15, 0.2) is 0 Å². The van der Waals surface area contributed by atoms with E-state index in [4.69, 9.17) is 5.73 Å². The number of nitrogens with two attached hydrogens (primary N) is 1. The van der Waals surface area contributed by atoms with Gasteiger partial charge >= 0.3 is 0 Å². The van der Waals surface area contributed by atoms with E-state index in [-0.39, 0.29) is 5.41 Å². The van der Waals surface area contributed by atoms with Crippen molar-refractivity contribution in [3.8, 4) is 0 Å². The zero-order chi connectivity index (χ0) is 21.2. The molecule has 0 fully saturated rings. The van der Waals surface area contributed by atoms with Crippen molar-refractivity contribution in [2.45, 2.75) is 54.4 Å². The Bertz CT molecular complexity index is 878. The summed E-state index contributed by atoms with van der Waals surface area (Å²) in [7, 11) is 0. The van der Waals surface area contributed by atoms with Crippen molar-refractivity contribution in [1.29, 1.82) is 0 Å². The highest BCUT2D eigenvalue weighted by Crippen LogP contribution is 2.55. The van der Waals surface area contributed by atoms with E-state index in [1.165, 1.54) is 27.9 Å². The second-order valence-corrected chi connectivity index (χ2v) is 9.24. The van der Waals surface area contributed by atoms with Crippen LogP contribution in [0, 0.1) is 23.2 Å². The molecular weight excluding hydrogens is 350 g/mol. The normalized spacial score (nSPS) is 24.1. The third-order valence-corrected chi connectivity index (χ3v) is 6.58. The van der Waals surface area contributed by atoms with Crippen molar-refractivity contribution >= 4 is 5.57 Å². The summed E-state index contributed by atoms with van der Waals surface area (Å²) >= 11 is 0. The van der Waals surface area contributed by atoms with E-state index in [0.29, 0.717) is 17.8 Å². The number of hydrogen-bond donors (Lipinski definition) is 1. The first kappa shape index (κ1) is 21.4. The molecule has 1 aromatic carbocycles. The molecule has 2 aliphatic carbocycles. The van der Waals surface area contributed by atoms with E-state index in [0.717, 1.165) is 18.5 Å². The Morgan fingerprint density at radius 3 is 2.14 bits per heavy atom. The van der Waals surface area contributed by atoms with Crippen molar-refractivity contribution in [1.82, 2.24) is 0 Å². The summed E-state index contributed by atoms with van der Waals surface area (Å²) in [6.07, 6.45) is 13.7. The maximum Gasteiger partial charge on any atom is 0.0353 e. The molecular formula is C28H37N. The van der Waals surface area contributed by atoms with Crippen molar-refractivity contribution in [2.24, 2.45) is 28.9 Å². The van der Waals surface area contributed by atoms with E-state index in [9.17, 15) is 0 Å². The molecule has 2 aliphatic rings. The lowest BCUT2D eigenvalue weighted by Crippen LogP contribution is -2.37. The second kappa shape index (κ2) is 8.61. The molecule has 154 valence electrons. The van der Waals surface area contributed by atoms with Gasteiger partial charge in [-0.3, -0.25) is 0 Å². The van der Waals surface area contributed by atoms with Crippen LogP contribution in [0.1, 0.15) is 59.9 Å². The summed E-state index contributed by atoms with van der Waals surface area (Å²) in [6, 6.07) is 10.9. The summed E-state index contributed by atoms with van der Waals surface area (Å²) < 4.78 is 0. The van der Waals surface area contributed by atoms with Crippen LogP contribution in [-0.4, -0.2) is 0 Å². The minimum Gasteiger partial charge on any atom is -0.398 e. The van der Waals surface area contributed by atoms with Gasteiger partial charge in [-0.1, -0.05) is 109 Å². The fourth-order valence-corrected chi connectivity index (χ4v) is 5.25. The van der Waals surface area contributed by atoms with Crippen molar-refractivity contribution < 1.29 is 0 Å². The van der Waals surface area contributed by atoms with Crippen LogP contribution in [0.5, 0.6) is 0 Å². The van der Waals surface area contributed by atoms with Gasteiger partial charge in [0.2, 0.25) is 0 Å². The first-order valence-electron chi connectivity index (χ1n) is 11.2. The highest BCUT2D eigenvalue weighted by atomic mass is 14.6. The predicted octanol–water partition coefficient (Wildman–Crippen LogP) is 7.45. The highest BCUT2D eigenvalue weighted by molar-refractivity contribution is 5.76. The maximum absolute atomic E-state index is 6.88. The van der Waals surface area contributed by atoms with Crippen molar-refractivity contribution in [2.75, 3.05) is 0 Å². The Kier molecular flexibility index (Phi) is 6.36. The topological polar surface area (TPSA) is 26.0 Å². The summed E-state index contributed by atoms with van der Waals surface area (Å²) in [5.74, 6) is 1.11. The zero-order valence-electron chi connectivity index (χ0n) is 19.0. The van der Waals surface area contributed by atoms with Gasteiger partial charge in [0.25, 0.3) is 0 Å². The molecule has 2 N–H and O–H groups in total. The molecule has 1 heteroatoms. The molecule has 0 bridgehead atoms. The molecule has 0 saturated carbocycles. The first-order chi connectivity index (χ1) is 13.8. The molecule has 0 aromatic heterocycles. The average molecular weight is 388 g/mol. The van der Waals surface area contributed by atoms with Gasteiger partial charge in [0.1, 0.15) is 0 Å². The number of allylic oxidation sites excluding steroid dienone is 9. The molecule has 1 atom stereocenters. The Labute approximate surface area is 177 Å². The smallest absolute Gasteiger partial charge is 0.0353 e. The van der Waals surface area contributed by atoms with Crippen LogP contribution in [0.3, 0.4) is 0 Å². The molecule has 0 saturated heterocycles. The van der Waals surface area contributed by atoms with E-state index in [1.807, 2.05) is 0 Å². The molecule has 0 radical (unpaired) electrons. The molecule has 1 unspecified atom stereocenters. The van der Waals surface area contributed by atoms with E-state index >= 15 is 0 Å². The third-order valence-electron chi connectivity index (χ3n) is 6.58. The molecule has 0 spiro atoms. The molecule has 3 rings (SSSR count). The van der Waals surface area contributed by atoms with Gasteiger partial charge in [0, 0.05) is 17.0 Å². The fraction of sp³-hybridized carbons (Fsp3) is 0.429. The molecule has 29 heavy (non-hydrogen) atoms. The SMILES string of the molecule is CCCC(=C1C=C(C(C)C)C(N)=C(C(C)C)C1(C)C1C=CC=C1)c1ccccc1. The molecule has 1 aromatic rings. The summed E-state index contributed by atoms with van der Waals surface area (Å²) in [5, 5.41) is 0. The molecule has 0 heterocycles. The van der Waals surface area contributed by atoms with Crippen LogP contribution in [0.15, 0.2) is 83.1 Å². The molecule has 1 nitrogen and oxygen atoms in total. The number of rotatable bonds is 6. The van der Waals surface area contributed by atoms with Gasteiger partial charge in [0.05, 0.1) is 0 Å². The largest absolute Gasteiger partial charge is 0.398 e. The van der Waals surface area contributed by atoms with Crippen LogP contribution in [0.4, 0.5) is 0 Å². The highest BCUT2D eigenvalue weighted by Gasteiger charge is 2.45. The Morgan fingerprint density at radius 1 is 1.00 bits per heavy atom. The van der Waals surface area contributed by atoms with Gasteiger partial charge < -0.3 is 5.73 Å². The van der Waals surface area contributed by atoms with E-state index in [1.54, 1.807) is 0 Å². The summed E-state index contributed by atoms with van der Waals surface area (Å²) in [4.78, 5) is 0. The third kappa shape index (κ3) is 3.80. The lowest BCUT2D eigenvalue weighted by Gasteiger charge is -2.45. The first-order valence-corrected chi connectivity index (χ1v) is 11.2. The Morgan fingerprint density at radius 2 is 1.62 bits per heavy atom. The summed E-state index contributed by atoms with van der Waals surface area (Å²) in [5.41, 5.74) is 14.7. The number of hydrogen-bond acceptors (Lipinski definition) is 1. The van der Waals surface area contributed by atoms with Gasteiger partial charge in [-0.15, -0.1) is 0 Å². The van der Waals surface area contributed by atoms with Crippen LogP contribution in [0.25, 0.3) is 5.57 Å². The van der Waals surface area contributed by atoms with Crippen LogP contribution in [-0.2, 0) is 0 Å². The molecule has 0 amide bonds. The maximum atomic E-state index is 6.88. The van der Waals surface area contributed by atoms with Crippen LogP contribution < -0.4 is 5.73 Å². The van der Waals surface area contributed by atoms with Gasteiger partial charge in [-0.25, -0.2) is 0 Å². The van der Waals surface area contributed by atoms with Crippen LogP contribution in [0.2, 0.25) is 0 Å². The minimum absolute atomic E-state index is 0.138. The quantitative estimate of drug-likeness (QED) is 0.539. The van der Waals surface area contributed by atoms with Crippen molar-refractivity contribution in [3.05, 3.63) is 88.7 Å². The molecule has 0 aliphatic heterocycles. The van der Waals surface area contributed by atoms with Crippen LogP contribution >= 0.6 is 0 Å². The van der Waals surface area contributed by atoms with E-state index < -0.39 is 0 Å². The lowest BCUT2D eigenvalue weighted by molar-refractivity contribution is 0.368. The lowest BCUT2D eigenvalue weighted by atomic mass is 9.58.